The highest BCUT2D eigenvalue weighted by molar-refractivity contribution is 5.22. The van der Waals surface area contributed by atoms with Crippen molar-refractivity contribution < 1.29 is 13.5 Å². The second-order valence-electron chi connectivity index (χ2n) is 4.77. The normalized spacial score (nSPS) is 24.4. The molecule has 0 saturated carbocycles. The third-order valence-electron chi connectivity index (χ3n) is 2.66. The molecule has 88 valence electrons. The molecule has 1 atom stereocenters. The molecule has 16 heavy (non-hydrogen) atoms. The second-order valence-corrected chi connectivity index (χ2v) is 4.77. The van der Waals surface area contributed by atoms with E-state index in [-0.39, 0.29) is 11.6 Å². The van der Waals surface area contributed by atoms with Crippen LogP contribution >= 0.6 is 0 Å². The van der Waals surface area contributed by atoms with Gasteiger partial charge in [0.25, 0.3) is 0 Å². The first-order valence-corrected chi connectivity index (χ1v) is 5.28. The molecule has 0 amide bonds. The third kappa shape index (κ3) is 2.39. The van der Waals surface area contributed by atoms with Crippen LogP contribution in [0.5, 0.6) is 0 Å². The molecular weight excluding hydrogens is 212 g/mol. The summed E-state index contributed by atoms with van der Waals surface area (Å²) in [5.74, 6) is -1.64. The van der Waals surface area contributed by atoms with Crippen LogP contribution in [0, 0.1) is 11.6 Å². The Bertz CT molecular complexity index is 393. The molecule has 0 radical (unpaired) electrons. The number of halogens is 2. The van der Waals surface area contributed by atoms with Gasteiger partial charge in [-0.05, 0) is 31.5 Å². The van der Waals surface area contributed by atoms with E-state index in [0.717, 1.165) is 6.07 Å². The van der Waals surface area contributed by atoms with Crippen LogP contribution in [0.4, 0.5) is 8.78 Å². The summed E-state index contributed by atoms with van der Waals surface area (Å²) in [6, 6.07) is 3.87. The Morgan fingerprint density at radius 2 is 2.06 bits per heavy atom. The fraction of sp³-hybridized carbons (Fsp3) is 0.500. The number of hydrogen-bond donors (Lipinski definition) is 1. The molecule has 1 aromatic rings. The first kappa shape index (κ1) is 11.5. The molecule has 1 aliphatic heterocycles. The average molecular weight is 227 g/mol. The molecule has 0 aromatic heterocycles. The minimum Gasteiger partial charge on any atom is -0.378 e. The van der Waals surface area contributed by atoms with Crippen molar-refractivity contribution in [1.29, 1.82) is 0 Å². The maximum absolute atomic E-state index is 13.1. The zero-order valence-corrected chi connectivity index (χ0v) is 9.39. The van der Waals surface area contributed by atoms with Gasteiger partial charge in [0.05, 0.1) is 19.3 Å². The standard InChI is InChI=1S/C12H15F2NO/c1-12(2)7-16-6-11(15-12)8-3-4-9(13)10(14)5-8/h3-5,11,15H,6-7H2,1-2H3. The van der Waals surface area contributed by atoms with Gasteiger partial charge >= 0.3 is 0 Å². The van der Waals surface area contributed by atoms with Gasteiger partial charge in [-0.1, -0.05) is 6.07 Å². The molecular formula is C12H15F2NO. The summed E-state index contributed by atoms with van der Waals surface area (Å²) in [4.78, 5) is 0. The molecule has 0 spiro atoms. The Kier molecular flexibility index (Phi) is 2.95. The van der Waals surface area contributed by atoms with Gasteiger partial charge < -0.3 is 10.1 Å². The van der Waals surface area contributed by atoms with E-state index in [1.165, 1.54) is 6.07 Å². The predicted molar refractivity (Wildman–Crippen MR) is 57.1 cm³/mol. The van der Waals surface area contributed by atoms with Crippen molar-refractivity contribution in [2.45, 2.75) is 25.4 Å². The van der Waals surface area contributed by atoms with Crippen molar-refractivity contribution in [2.24, 2.45) is 0 Å². The number of hydrogen-bond acceptors (Lipinski definition) is 2. The molecule has 1 saturated heterocycles. The van der Waals surface area contributed by atoms with E-state index < -0.39 is 11.6 Å². The summed E-state index contributed by atoms with van der Waals surface area (Å²) < 4.78 is 31.3. The molecule has 1 unspecified atom stereocenters. The lowest BCUT2D eigenvalue weighted by atomic mass is 9.99. The molecule has 1 N–H and O–H groups in total. The predicted octanol–water partition coefficient (Wildman–Crippen LogP) is 2.40. The average Bonchev–Trinajstić information content (AvgIpc) is 2.20. The van der Waals surface area contributed by atoms with Crippen LogP contribution in [0.1, 0.15) is 25.5 Å². The van der Waals surface area contributed by atoms with E-state index in [0.29, 0.717) is 18.8 Å². The lowest BCUT2D eigenvalue weighted by molar-refractivity contribution is 0.0126. The molecule has 0 bridgehead atoms. The Labute approximate surface area is 93.6 Å². The Morgan fingerprint density at radius 1 is 1.31 bits per heavy atom. The Morgan fingerprint density at radius 3 is 2.69 bits per heavy atom. The SMILES string of the molecule is CC1(C)COCC(c2ccc(F)c(F)c2)N1. The molecule has 0 aliphatic carbocycles. The Hall–Kier alpha value is -1.00. The number of nitrogens with one attached hydrogen (secondary N) is 1. The highest BCUT2D eigenvalue weighted by atomic mass is 19.2. The minimum absolute atomic E-state index is 0.0844. The van der Waals surface area contributed by atoms with Gasteiger partial charge in [-0.3, -0.25) is 0 Å². The van der Waals surface area contributed by atoms with E-state index in [1.807, 2.05) is 13.8 Å². The van der Waals surface area contributed by atoms with Crippen LogP contribution in [-0.2, 0) is 4.74 Å². The first-order valence-electron chi connectivity index (χ1n) is 5.28. The van der Waals surface area contributed by atoms with Crippen LogP contribution in [0.2, 0.25) is 0 Å². The highest BCUT2D eigenvalue weighted by Crippen LogP contribution is 2.23. The molecule has 1 heterocycles. The van der Waals surface area contributed by atoms with Gasteiger partial charge in [0.1, 0.15) is 0 Å². The van der Waals surface area contributed by atoms with Crippen LogP contribution in [0.15, 0.2) is 18.2 Å². The number of ether oxygens (including phenoxy) is 1. The van der Waals surface area contributed by atoms with Crippen molar-refractivity contribution in [3.8, 4) is 0 Å². The summed E-state index contributed by atoms with van der Waals surface area (Å²) in [6.45, 7) is 5.12. The summed E-state index contributed by atoms with van der Waals surface area (Å²) in [6.07, 6.45) is 0. The summed E-state index contributed by atoms with van der Waals surface area (Å²) in [5, 5.41) is 3.34. The lowest BCUT2D eigenvalue weighted by Crippen LogP contribution is -2.51. The summed E-state index contributed by atoms with van der Waals surface area (Å²) in [5.41, 5.74) is 0.569. The van der Waals surface area contributed by atoms with Gasteiger partial charge in [0.2, 0.25) is 0 Å². The first-order chi connectivity index (χ1) is 7.48. The zero-order valence-electron chi connectivity index (χ0n) is 9.39. The molecule has 2 rings (SSSR count). The van der Waals surface area contributed by atoms with Crippen molar-refractivity contribution >= 4 is 0 Å². The van der Waals surface area contributed by atoms with E-state index in [9.17, 15) is 8.78 Å². The summed E-state index contributed by atoms with van der Waals surface area (Å²) >= 11 is 0. The quantitative estimate of drug-likeness (QED) is 0.795. The van der Waals surface area contributed by atoms with Crippen molar-refractivity contribution in [3.63, 3.8) is 0 Å². The molecule has 2 nitrogen and oxygen atoms in total. The summed E-state index contributed by atoms with van der Waals surface area (Å²) in [7, 11) is 0. The van der Waals surface area contributed by atoms with Crippen molar-refractivity contribution in [1.82, 2.24) is 5.32 Å². The maximum atomic E-state index is 13.1. The number of benzene rings is 1. The molecule has 1 aliphatic rings. The van der Waals surface area contributed by atoms with Gasteiger partial charge in [0.15, 0.2) is 11.6 Å². The highest BCUT2D eigenvalue weighted by Gasteiger charge is 2.28. The lowest BCUT2D eigenvalue weighted by Gasteiger charge is -2.37. The number of morpholine rings is 1. The molecule has 1 aromatic carbocycles. The van der Waals surface area contributed by atoms with E-state index in [1.54, 1.807) is 6.07 Å². The largest absolute Gasteiger partial charge is 0.378 e. The van der Waals surface area contributed by atoms with Gasteiger partial charge in [-0.25, -0.2) is 8.78 Å². The van der Waals surface area contributed by atoms with E-state index in [2.05, 4.69) is 5.32 Å². The number of rotatable bonds is 1. The molecule has 1 fully saturated rings. The maximum Gasteiger partial charge on any atom is 0.159 e. The fourth-order valence-corrected chi connectivity index (χ4v) is 1.90. The van der Waals surface area contributed by atoms with Crippen molar-refractivity contribution in [3.05, 3.63) is 35.4 Å². The van der Waals surface area contributed by atoms with Gasteiger partial charge in [0, 0.05) is 5.54 Å². The Balaban J connectivity index is 2.20. The van der Waals surface area contributed by atoms with E-state index >= 15 is 0 Å². The van der Waals surface area contributed by atoms with Crippen LogP contribution in [0.3, 0.4) is 0 Å². The molecule has 4 heteroatoms. The van der Waals surface area contributed by atoms with Crippen LogP contribution in [-0.4, -0.2) is 18.8 Å². The monoisotopic (exact) mass is 227 g/mol. The fourth-order valence-electron chi connectivity index (χ4n) is 1.90. The van der Waals surface area contributed by atoms with E-state index in [4.69, 9.17) is 4.74 Å². The van der Waals surface area contributed by atoms with Gasteiger partial charge in [-0.2, -0.15) is 0 Å². The van der Waals surface area contributed by atoms with Crippen molar-refractivity contribution in [2.75, 3.05) is 13.2 Å². The minimum atomic E-state index is -0.820. The van der Waals surface area contributed by atoms with Gasteiger partial charge in [-0.15, -0.1) is 0 Å². The second kappa shape index (κ2) is 4.11. The third-order valence-corrected chi connectivity index (χ3v) is 2.66. The zero-order chi connectivity index (χ0) is 11.8. The smallest absolute Gasteiger partial charge is 0.159 e. The van der Waals surface area contributed by atoms with Crippen LogP contribution < -0.4 is 5.32 Å². The topological polar surface area (TPSA) is 21.3 Å². The van der Waals surface area contributed by atoms with Crippen LogP contribution in [0.25, 0.3) is 0 Å².